The molecule has 0 bridgehead atoms. The highest BCUT2D eigenvalue weighted by Gasteiger charge is 2.09. The van der Waals surface area contributed by atoms with Crippen LogP contribution in [0.25, 0.3) is 16.6 Å². The topological polar surface area (TPSA) is 38.0 Å². The average molecular weight is 327 g/mol. The van der Waals surface area contributed by atoms with Crippen molar-refractivity contribution in [3.05, 3.63) is 58.7 Å². The molecule has 0 fully saturated rings. The molecule has 0 aliphatic carbocycles. The number of ether oxygens (including phenoxy) is 1. The number of aromatic nitrogens is 1. The Balaban J connectivity index is 2.18. The third-order valence-corrected chi connectivity index (χ3v) is 3.87. The molecular weight excluding hydrogens is 316 g/mol. The summed E-state index contributed by atoms with van der Waals surface area (Å²) in [7, 11) is 1.65. The summed E-state index contributed by atoms with van der Waals surface area (Å²) in [5.74, 6) is 0.830. The number of halogens is 1. The molecule has 98 valence electrons. The van der Waals surface area contributed by atoms with E-state index in [0.29, 0.717) is 5.56 Å². The van der Waals surface area contributed by atoms with Crippen molar-refractivity contribution in [1.82, 2.24) is 4.57 Å². The average Bonchev–Trinajstić information content (AvgIpc) is 2.84. The van der Waals surface area contributed by atoms with Crippen molar-refractivity contribution >= 4 is 26.8 Å². The molecule has 1 heterocycles. The molecule has 1 aromatic heterocycles. The van der Waals surface area contributed by atoms with Crippen LogP contribution in [0.5, 0.6) is 5.75 Å². The van der Waals surface area contributed by atoms with Crippen molar-refractivity contribution in [3.8, 4) is 17.5 Å². The van der Waals surface area contributed by atoms with Crippen molar-refractivity contribution < 1.29 is 4.74 Å². The monoisotopic (exact) mass is 326 g/mol. The summed E-state index contributed by atoms with van der Waals surface area (Å²) < 4.78 is 8.23. The number of nitrogens with zero attached hydrogens (tertiary/aromatic N) is 2. The molecule has 3 aromatic rings. The quantitative estimate of drug-likeness (QED) is 0.705. The van der Waals surface area contributed by atoms with Gasteiger partial charge in [-0.3, -0.25) is 0 Å². The second kappa shape index (κ2) is 5.03. The van der Waals surface area contributed by atoms with E-state index in [1.165, 1.54) is 0 Å². The molecule has 2 aromatic carbocycles. The van der Waals surface area contributed by atoms with Crippen LogP contribution >= 0.6 is 15.9 Å². The van der Waals surface area contributed by atoms with E-state index >= 15 is 0 Å². The molecule has 0 spiro atoms. The fourth-order valence-electron chi connectivity index (χ4n) is 2.22. The Kier molecular flexibility index (Phi) is 3.21. The van der Waals surface area contributed by atoms with Gasteiger partial charge < -0.3 is 9.30 Å². The third-order valence-electron chi connectivity index (χ3n) is 3.24. The van der Waals surface area contributed by atoms with Gasteiger partial charge in [0.05, 0.1) is 24.3 Å². The van der Waals surface area contributed by atoms with Crippen LogP contribution in [0.3, 0.4) is 0 Å². The predicted octanol–water partition coefficient (Wildman–Crippen LogP) is 4.27. The molecule has 0 saturated heterocycles. The number of rotatable bonds is 2. The van der Waals surface area contributed by atoms with Gasteiger partial charge >= 0.3 is 0 Å². The van der Waals surface area contributed by atoms with Crippen molar-refractivity contribution in [1.29, 1.82) is 5.26 Å². The van der Waals surface area contributed by atoms with Crippen LogP contribution in [-0.4, -0.2) is 11.7 Å². The fraction of sp³-hybridized carbons (Fsp3) is 0.0625. The minimum Gasteiger partial charge on any atom is -0.497 e. The number of hydrogen-bond donors (Lipinski definition) is 0. The minimum atomic E-state index is 0.658. The Bertz CT molecular complexity index is 813. The van der Waals surface area contributed by atoms with Gasteiger partial charge in [-0.05, 0) is 58.4 Å². The first-order valence-electron chi connectivity index (χ1n) is 6.08. The van der Waals surface area contributed by atoms with Crippen LogP contribution in [0.2, 0.25) is 0 Å². The van der Waals surface area contributed by atoms with E-state index in [-0.39, 0.29) is 0 Å². The highest BCUT2D eigenvalue weighted by molar-refractivity contribution is 9.10. The zero-order chi connectivity index (χ0) is 14.1. The SMILES string of the molecule is COc1ccc(-n2cc(Br)c3cc(C#N)ccc32)cc1. The van der Waals surface area contributed by atoms with Gasteiger partial charge in [-0.1, -0.05) is 0 Å². The molecule has 0 aliphatic rings. The van der Waals surface area contributed by atoms with E-state index in [1.54, 1.807) is 7.11 Å². The molecule has 3 rings (SSSR count). The van der Waals surface area contributed by atoms with Gasteiger partial charge in [-0.25, -0.2) is 0 Å². The standard InChI is InChI=1S/C16H11BrN2O/c1-20-13-5-3-12(4-6-13)19-10-15(17)14-8-11(9-18)2-7-16(14)19/h2-8,10H,1H3. The molecule has 20 heavy (non-hydrogen) atoms. The van der Waals surface area contributed by atoms with Crippen molar-refractivity contribution in [3.63, 3.8) is 0 Å². The fourth-order valence-corrected chi connectivity index (χ4v) is 2.74. The van der Waals surface area contributed by atoms with Gasteiger partial charge in [0.1, 0.15) is 5.75 Å². The summed E-state index contributed by atoms with van der Waals surface area (Å²) in [6.07, 6.45) is 2.01. The summed E-state index contributed by atoms with van der Waals surface area (Å²) in [4.78, 5) is 0. The Hall–Kier alpha value is -2.25. The van der Waals surface area contributed by atoms with Crippen LogP contribution in [0.4, 0.5) is 0 Å². The van der Waals surface area contributed by atoms with Crippen molar-refractivity contribution in [2.24, 2.45) is 0 Å². The summed E-state index contributed by atoms with van der Waals surface area (Å²) >= 11 is 3.55. The number of benzene rings is 2. The van der Waals surface area contributed by atoms with Gasteiger partial charge in [0.2, 0.25) is 0 Å². The molecule has 0 radical (unpaired) electrons. The summed E-state index contributed by atoms with van der Waals surface area (Å²) in [6.45, 7) is 0. The van der Waals surface area contributed by atoms with Crippen LogP contribution in [-0.2, 0) is 0 Å². The Morgan fingerprint density at radius 1 is 1.15 bits per heavy atom. The molecule has 0 N–H and O–H groups in total. The van der Waals surface area contributed by atoms with Crippen molar-refractivity contribution in [2.45, 2.75) is 0 Å². The molecule has 3 nitrogen and oxygen atoms in total. The molecule has 4 heteroatoms. The maximum Gasteiger partial charge on any atom is 0.119 e. The number of methoxy groups -OCH3 is 1. The lowest BCUT2D eigenvalue weighted by atomic mass is 10.2. The van der Waals surface area contributed by atoms with E-state index < -0.39 is 0 Å². The smallest absolute Gasteiger partial charge is 0.119 e. The second-order valence-corrected chi connectivity index (χ2v) is 5.24. The third kappa shape index (κ3) is 2.06. The Morgan fingerprint density at radius 2 is 1.90 bits per heavy atom. The predicted molar refractivity (Wildman–Crippen MR) is 82.2 cm³/mol. The number of fused-ring (bicyclic) bond motifs is 1. The van der Waals surface area contributed by atoms with E-state index in [4.69, 9.17) is 10.00 Å². The van der Waals surface area contributed by atoms with Crippen molar-refractivity contribution in [2.75, 3.05) is 7.11 Å². The lowest BCUT2D eigenvalue weighted by Gasteiger charge is -2.06. The second-order valence-electron chi connectivity index (χ2n) is 4.39. The van der Waals surface area contributed by atoms with Crippen LogP contribution < -0.4 is 4.74 Å². The van der Waals surface area contributed by atoms with Crippen LogP contribution in [0, 0.1) is 11.3 Å². The van der Waals surface area contributed by atoms with Crippen LogP contribution in [0.1, 0.15) is 5.56 Å². The summed E-state index contributed by atoms with van der Waals surface area (Å²) in [6, 6.07) is 15.7. The zero-order valence-electron chi connectivity index (χ0n) is 10.8. The molecule has 0 amide bonds. The first-order valence-corrected chi connectivity index (χ1v) is 6.87. The summed E-state index contributed by atoms with van der Waals surface area (Å²) in [5.41, 5.74) is 2.76. The Labute approximate surface area is 125 Å². The first-order chi connectivity index (χ1) is 9.72. The zero-order valence-corrected chi connectivity index (χ0v) is 12.4. The van der Waals surface area contributed by atoms with Gasteiger partial charge in [-0.15, -0.1) is 0 Å². The van der Waals surface area contributed by atoms with Gasteiger partial charge in [0.15, 0.2) is 0 Å². The van der Waals surface area contributed by atoms with E-state index in [0.717, 1.165) is 26.8 Å². The molecule has 0 atom stereocenters. The van der Waals surface area contributed by atoms with Crippen LogP contribution in [0.15, 0.2) is 53.1 Å². The molecule has 0 unspecified atom stereocenters. The molecule has 0 saturated carbocycles. The Morgan fingerprint density at radius 3 is 2.55 bits per heavy atom. The normalized spacial score (nSPS) is 10.4. The molecular formula is C16H11BrN2O. The minimum absolute atomic E-state index is 0.658. The summed E-state index contributed by atoms with van der Waals surface area (Å²) in [5, 5.41) is 10.0. The van der Waals surface area contributed by atoms with Gasteiger partial charge in [-0.2, -0.15) is 5.26 Å². The largest absolute Gasteiger partial charge is 0.497 e. The van der Waals surface area contributed by atoms with Gasteiger partial charge in [0, 0.05) is 21.7 Å². The molecule has 0 aliphatic heterocycles. The highest BCUT2D eigenvalue weighted by Crippen LogP contribution is 2.30. The number of hydrogen-bond acceptors (Lipinski definition) is 2. The van der Waals surface area contributed by atoms with Gasteiger partial charge in [0.25, 0.3) is 0 Å². The van der Waals surface area contributed by atoms with E-state index in [1.807, 2.05) is 48.7 Å². The maximum absolute atomic E-state index is 8.98. The lowest BCUT2D eigenvalue weighted by Crippen LogP contribution is -1.92. The van der Waals surface area contributed by atoms with E-state index in [2.05, 4.69) is 26.6 Å². The van der Waals surface area contributed by atoms with E-state index in [9.17, 15) is 0 Å². The highest BCUT2D eigenvalue weighted by atomic mass is 79.9. The number of nitriles is 1. The first kappa shape index (κ1) is 12.8. The lowest BCUT2D eigenvalue weighted by molar-refractivity contribution is 0.415. The maximum atomic E-state index is 8.98.